The number of likely N-dealkylation sites (tertiary alicyclic amines) is 1. The maximum Gasteiger partial charge on any atom is 0.00914 e. The highest BCUT2D eigenvalue weighted by Crippen LogP contribution is 2.12. The summed E-state index contributed by atoms with van der Waals surface area (Å²) >= 11 is 0. The zero-order chi connectivity index (χ0) is 11.1. The summed E-state index contributed by atoms with van der Waals surface area (Å²) in [6.07, 6.45) is 5.30. The van der Waals surface area contributed by atoms with Gasteiger partial charge in [-0.15, -0.1) is 0 Å². The number of nitrogens with zero attached hydrogens (tertiary/aromatic N) is 1. The van der Waals surface area contributed by atoms with Crippen LogP contribution in [-0.2, 0) is 0 Å². The van der Waals surface area contributed by atoms with Crippen LogP contribution < -0.4 is 5.32 Å². The Morgan fingerprint density at radius 1 is 1.27 bits per heavy atom. The van der Waals surface area contributed by atoms with Crippen molar-refractivity contribution in [1.82, 2.24) is 10.2 Å². The Morgan fingerprint density at radius 2 is 1.93 bits per heavy atom. The van der Waals surface area contributed by atoms with Crippen molar-refractivity contribution in [2.24, 2.45) is 5.92 Å². The molecule has 0 aromatic rings. The van der Waals surface area contributed by atoms with Crippen LogP contribution in [0.15, 0.2) is 0 Å². The van der Waals surface area contributed by atoms with Crippen molar-refractivity contribution in [2.45, 2.75) is 52.5 Å². The Morgan fingerprint density at radius 3 is 2.47 bits per heavy atom. The summed E-state index contributed by atoms with van der Waals surface area (Å²) in [4.78, 5) is 2.63. The van der Waals surface area contributed by atoms with Crippen LogP contribution in [0.25, 0.3) is 0 Å². The second-order valence-corrected chi connectivity index (χ2v) is 5.25. The van der Waals surface area contributed by atoms with Crippen LogP contribution in [0.2, 0.25) is 0 Å². The molecule has 0 aliphatic carbocycles. The van der Waals surface area contributed by atoms with Gasteiger partial charge in [0.1, 0.15) is 0 Å². The summed E-state index contributed by atoms with van der Waals surface area (Å²) in [6.45, 7) is 12.0. The first-order valence-electron chi connectivity index (χ1n) is 6.68. The van der Waals surface area contributed by atoms with Crippen LogP contribution in [0, 0.1) is 5.92 Å². The van der Waals surface area contributed by atoms with Crippen LogP contribution in [0.4, 0.5) is 0 Å². The first-order chi connectivity index (χ1) is 7.22. The molecule has 0 unspecified atom stereocenters. The molecule has 0 radical (unpaired) electrons. The number of hydrogen-bond donors (Lipinski definition) is 1. The second kappa shape index (κ2) is 7.24. The molecule has 0 amide bonds. The van der Waals surface area contributed by atoms with E-state index in [1.54, 1.807) is 0 Å². The van der Waals surface area contributed by atoms with Gasteiger partial charge < -0.3 is 10.2 Å². The van der Waals surface area contributed by atoms with Gasteiger partial charge in [0.15, 0.2) is 0 Å². The maximum atomic E-state index is 3.63. The highest BCUT2D eigenvalue weighted by Gasteiger charge is 2.17. The molecule has 2 nitrogen and oxygen atoms in total. The molecule has 1 rings (SSSR count). The van der Waals surface area contributed by atoms with Crippen molar-refractivity contribution < 1.29 is 0 Å². The van der Waals surface area contributed by atoms with E-state index >= 15 is 0 Å². The Balaban J connectivity index is 2.07. The molecule has 1 N–H and O–H groups in total. The highest BCUT2D eigenvalue weighted by molar-refractivity contribution is 4.76. The molecule has 0 atom stereocenters. The van der Waals surface area contributed by atoms with Gasteiger partial charge in [0, 0.05) is 6.04 Å². The zero-order valence-electron chi connectivity index (χ0n) is 10.8. The molecular weight excluding hydrogens is 184 g/mol. The minimum Gasteiger partial charge on any atom is -0.314 e. The Kier molecular flexibility index (Phi) is 6.26. The molecule has 0 aromatic carbocycles. The number of piperidine rings is 1. The van der Waals surface area contributed by atoms with Crippen LogP contribution >= 0.6 is 0 Å². The summed E-state index contributed by atoms with van der Waals surface area (Å²) in [5.41, 5.74) is 0. The monoisotopic (exact) mass is 212 g/mol. The predicted octanol–water partition coefficient (Wildman–Crippen LogP) is 2.50. The third-order valence-electron chi connectivity index (χ3n) is 3.29. The number of hydrogen-bond acceptors (Lipinski definition) is 2. The van der Waals surface area contributed by atoms with E-state index in [0.29, 0.717) is 0 Å². The van der Waals surface area contributed by atoms with Crippen molar-refractivity contribution in [3.63, 3.8) is 0 Å². The molecule has 15 heavy (non-hydrogen) atoms. The van der Waals surface area contributed by atoms with Gasteiger partial charge in [-0.25, -0.2) is 0 Å². The topological polar surface area (TPSA) is 15.3 Å². The molecular formula is C13H28N2. The van der Waals surface area contributed by atoms with E-state index in [1.165, 1.54) is 51.9 Å². The number of rotatable bonds is 6. The van der Waals surface area contributed by atoms with E-state index in [2.05, 4.69) is 31.0 Å². The van der Waals surface area contributed by atoms with E-state index in [0.717, 1.165) is 12.0 Å². The Labute approximate surface area is 95.4 Å². The largest absolute Gasteiger partial charge is 0.314 e. The third-order valence-corrected chi connectivity index (χ3v) is 3.29. The average Bonchev–Trinajstić information content (AvgIpc) is 2.25. The van der Waals surface area contributed by atoms with Gasteiger partial charge in [0.25, 0.3) is 0 Å². The zero-order valence-corrected chi connectivity index (χ0v) is 10.8. The summed E-state index contributed by atoms with van der Waals surface area (Å²) in [5, 5.41) is 3.63. The molecule has 0 bridgehead atoms. The van der Waals surface area contributed by atoms with Crippen molar-refractivity contribution in [3.8, 4) is 0 Å². The van der Waals surface area contributed by atoms with Crippen molar-refractivity contribution in [1.29, 1.82) is 0 Å². The first-order valence-corrected chi connectivity index (χ1v) is 6.68. The minimum absolute atomic E-state index is 0.792. The van der Waals surface area contributed by atoms with E-state index in [1.807, 2.05) is 0 Å². The van der Waals surface area contributed by atoms with E-state index in [-0.39, 0.29) is 0 Å². The third kappa shape index (κ3) is 5.53. The van der Waals surface area contributed by atoms with Crippen LogP contribution in [0.1, 0.15) is 46.5 Å². The van der Waals surface area contributed by atoms with Gasteiger partial charge in [-0.05, 0) is 57.8 Å². The van der Waals surface area contributed by atoms with Crippen LogP contribution in [0.3, 0.4) is 0 Å². The SMILES string of the molecule is CCCNC1CCN(CCC(C)C)CC1. The Hall–Kier alpha value is -0.0800. The van der Waals surface area contributed by atoms with Crippen LogP contribution in [-0.4, -0.2) is 37.1 Å². The molecule has 90 valence electrons. The van der Waals surface area contributed by atoms with Crippen molar-refractivity contribution in [3.05, 3.63) is 0 Å². The smallest absolute Gasteiger partial charge is 0.00914 e. The van der Waals surface area contributed by atoms with Crippen LogP contribution in [0.5, 0.6) is 0 Å². The Bertz CT molecular complexity index is 149. The van der Waals surface area contributed by atoms with E-state index in [4.69, 9.17) is 0 Å². The lowest BCUT2D eigenvalue weighted by molar-refractivity contribution is 0.189. The summed E-state index contributed by atoms with van der Waals surface area (Å²) in [5.74, 6) is 0.848. The van der Waals surface area contributed by atoms with Crippen molar-refractivity contribution in [2.75, 3.05) is 26.2 Å². The summed E-state index contributed by atoms with van der Waals surface area (Å²) < 4.78 is 0. The van der Waals surface area contributed by atoms with Gasteiger partial charge in [0.2, 0.25) is 0 Å². The lowest BCUT2D eigenvalue weighted by Crippen LogP contribution is -2.43. The summed E-state index contributed by atoms with van der Waals surface area (Å²) in [6, 6.07) is 0.792. The van der Waals surface area contributed by atoms with E-state index in [9.17, 15) is 0 Å². The first kappa shape index (κ1) is 13.0. The standard InChI is InChI=1S/C13H28N2/c1-4-8-14-13-6-10-15(11-7-13)9-5-12(2)3/h12-14H,4-11H2,1-3H3. The highest BCUT2D eigenvalue weighted by atomic mass is 15.1. The molecule has 0 spiro atoms. The molecule has 1 aliphatic heterocycles. The molecule has 1 saturated heterocycles. The fraction of sp³-hybridized carbons (Fsp3) is 1.00. The predicted molar refractivity (Wildman–Crippen MR) is 67.2 cm³/mol. The van der Waals surface area contributed by atoms with Crippen molar-refractivity contribution >= 4 is 0 Å². The van der Waals surface area contributed by atoms with E-state index < -0.39 is 0 Å². The maximum absolute atomic E-state index is 3.63. The lowest BCUT2D eigenvalue weighted by Gasteiger charge is -2.32. The second-order valence-electron chi connectivity index (χ2n) is 5.25. The van der Waals surface area contributed by atoms with Gasteiger partial charge in [0.05, 0.1) is 0 Å². The molecule has 1 fully saturated rings. The quantitative estimate of drug-likeness (QED) is 0.728. The fourth-order valence-corrected chi connectivity index (χ4v) is 2.15. The average molecular weight is 212 g/mol. The van der Waals surface area contributed by atoms with Gasteiger partial charge in [-0.3, -0.25) is 0 Å². The summed E-state index contributed by atoms with van der Waals surface area (Å²) in [7, 11) is 0. The van der Waals surface area contributed by atoms with Gasteiger partial charge in [-0.1, -0.05) is 20.8 Å². The van der Waals surface area contributed by atoms with Gasteiger partial charge >= 0.3 is 0 Å². The molecule has 2 heteroatoms. The fourth-order valence-electron chi connectivity index (χ4n) is 2.15. The minimum atomic E-state index is 0.792. The molecule has 1 aliphatic rings. The normalized spacial score (nSPS) is 20.0. The molecule has 1 heterocycles. The number of nitrogens with one attached hydrogen (secondary N) is 1. The molecule has 0 aromatic heterocycles. The molecule has 0 saturated carbocycles. The lowest BCUT2D eigenvalue weighted by atomic mass is 10.0. The van der Waals surface area contributed by atoms with Gasteiger partial charge in [-0.2, -0.15) is 0 Å².